The second-order valence-corrected chi connectivity index (χ2v) is 8.94. The summed E-state index contributed by atoms with van der Waals surface area (Å²) in [7, 11) is 0. The molecule has 4 rings (SSSR count). The molecule has 1 aromatic heterocycles. The Bertz CT molecular complexity index is 1240. The molecule has 3 aromatic carbocycles. The van der Waals surface area contributed by atoms with E-state index in [4.69, 9.17) is 4.74 Å². The van der Waals surface area contributed by atoms with E-state index in [0.29, 0.717) is 18.7 Å². The molecule has 1 heterocycles. The number of nitrogens with one attached hydrogen (secondary N) is 3. The third-order valence-corrected chi connectivity index (χ3v) is 6.39. The lowest BCUT2D eigenvalue weighted by atomic mass is 10.1. The molecule has 0 fully saturated rings. The number of benzene rings is 3. The predicted molar refractivity (Wildman–Crippen MR) is 136 cm³/mol. The van der Waals surface area contributed by atoms with Crippen LogP contribution in [0.25, 0.3) is 10.9 Å². The molecule has 0 aliphatic heterocycles. The number of ether oxygens (including phenoxy) is 1. The Morgan fingerprint density at radius 2 is 1.65 bits per heavy atom. The quantitative estimate of drug-likeness (QED) is 0.286. The van der Waals surface area contributed by atoms with E-state index in [2.05, 4.69) is 21.7 Å². The van der Waals surface area contributed by atoms with Crippen LogP contribution in [0.15, 0.2) is 90.0 Å². The second-order valence-electron chi connectivity index (χ2n) is 7.85. The summed E-state index contributed by atoms with van der Waals surface area (Å²) in [4.78, 5) is 28.7. The molecule has 7 heteroatoms. The van der Waals surface area contributed by atoms with Gasteiger partial charge in [-0.2, -0.15) is 0 Å². The highest BCUT2D eigenvalue weighted by atomic mass is 32.2. The average molecular weight is 474 g/mol. The van der Waals surface area contributed by atoms with Crippen molar-refractivity contribution in [3.05, 3.63) is 90.6 Å². The molecule has 0 aliphatic carbocycles. The van der Waals surface area contributed by atoms with Crippen LogP contribution in [-0.4, -0.2) is 35.1 Å². The van der Waals surface area contributed by atoms with Crippen molar-refractivity contribution in [3.8, 4) is 11.5 Å². The fraction of sp³-hybridized carbons (Fsp3) is 0.185. The van der Waals surface area contributed by atoms with Crippen LogP contribution in [0.5, 0.6) is 11.5 Å². The molecule has 0 radical (unpaired) electrons. The van der Waals surface area contributed by atoms with Crippen molar-refractivity contribution in [1.29, 1.82) is 0 Å². The van der Waals surface area contributed by atoms with Crippen LogP contribution in [0.3, 0.4) is 0 Å². The van der Waals surface area contributed by atoms with E-state index in [9.17, 15) is 9.59 Å². The van der Waals surface area contributed by atoms with Gasteiger partial charge in [0, 0.05) is 41.2 Å². The monoisotopic (exact) mass is 473 g/mol. The number of rotatable bonds is 10. The van der Waals surface area contributed by atoms with E-state index in [0.717, 1.165) is 32.9 Å². The summed E-state index contributed by atoms with van der Waals surface area (Å²) in [6, 6.07) is 24.7. The highest BCUT2D eigenvalue weighted by molar-refractivity contribution is 7.99. The van der Waals surface area contributed by atoms with E-state index in [1.165, 1.54) is 18.7 Å². The summed E-state index contributed by atoms with van der Waals surface area (Å²) < 4.78 is 5.82. The molecule has 3 N–H and O–H groups in total. The van der Waals surface area contributed by atoms with Crippen molar-refractivity contribution >= 4 is 34.5 Å². The van der Waals surface area contributed by atoms with Gasteiger partial charge in [0.15, 0.2) is 0 Å². The van der Waals surface area contributed by atoms with Crippen LogP contribution < -0.4 is 15.4 Å². The largest absolute Gasteiger partial charge is 0.457 e. The number of fused-ring (bicyclic) bond motifs is 1. The van der Waals surface area contributed by atoms with Crippen molar-refractivity contribution in [2.45, 2.75) is 24.3 Å². The molecular formula is C27H27N3O3S. The number of hydrogen-bond acceptors (Lipinski definition) is 4. The second kappa shape index (κ2) is 11.4. The van der Waals surface area contributed by atoms with Gasteiger partial charge in [-0.1, -0.05) is 36.4 Å². The third kappa shape index (κ3) is 6.42. The molecule has 0 spiro atoms. The number of H-pyrrole nitrogens is 1. The minimum absolute atomic E-state index is 0.188. The summed E-state index contributed by atoms with van der Waals surface area (Å²) in [5, 5.41) is 6.89. The Balaban J connectivity index is 1.29. The van der Waals surface area contributed by atoms with Gasteiger partial charge in [0.25, 0.3) is 0 Å². The summed E-state index contributed by atoms with van der Waals surface area (Å²) in [6.07, 6.45) is 2.68. The first kappa shape index (κ1) is 23.4. The number of carbonyl (C=O) groups is 2. The maximum absolute atomic E-state index is 12.8. The first-order valence-electron chi connectivity index (χ1n) is 11.1. The van der Waals surface area contributed by atoms with Gasteiger partial charge >= 0.3 is 0 Å². The van der Waals surface area contributed by atoms with Gasteiger partial charge in [-0.25, -0.2) is 0 Å². The number of hydrogen-bond donors (Lipinski definition) is 3. The Morgan fingerprint density at radius 3 is 2.41 bits per heavy atom. The number of aromatic nitrogens is 1. The molecule has 1 unspecified atom stereocenters. The number of para-hydroxylation sites is 2. The van der Waals surface area contributed by atoms with Crippen LogP contribution in [0.4, 0.5) is 0 Å². The normalized spacial score (nSPS) is 11.7. The van der Waals surface area contributed by atoms with E-state index in [-0.39, 0.29) is 11.8 Å². The van der Waals surface area contributed by atoms with Gasteiger partial charge in [0.2, 0.25) is 11.8 Å². The molecule has 1 atom stereocenters. The third-order valence-electron chi connectivity index (χ3n) is 5.28. The molecule has 0 saturated carbocycles. The average Bonchev–Trinajstić information content (AvgIpc) is 3.26. The number of thioether (sulfide) groups is 1. The van der Waals surface area contributed by atoms with Gasteiger partial charge in [-0.05, 0) is 54.4 Å². The van der Waals surface area contributed by atoms with Crippen molar-refractivity contribution in [3.63, 3.8) is 0 Å². The van der Waals surface area contributed by atoms with Crippen molar-refractivity contribution in [2.24, 2.45) is 0 Å². The first-order valence-corrected chi connectivity index (χ1v) is 12.1. The Morgan fingerprint density at radius 1 is 0.941 bits per heavy atom. The lowest BCUT2D eigenvalue weighted by Gasteiger charge is -2.17. The molecular weight excluding hydrogens is 446 g/mol. The molecule has 174 valence electrons. The van der Waals surface area contributed by atoms with Crippen LogP contribution in [0.2, 0.25) is 0 Å². The smallest absolute Gasteiger partial charge is 0.243 e. The molecule has 4 aromatic rings. The van der Waals surface area contributed by atoms with Crippen LogP contribution in [0, 0.1) is 0 Å². The zero-order chi connectivity index (χ0) is 23.8. The number of amides is 2. The van der Waals surface area contributed by atoms with Crippen molar-refractivity contribution < 1.29 is 14.3 Å². The van der Waals surface area contributed by atoms with E-state index >= 15 is 0 Å². The van der Waals surface area contributed by atoms with Crippen molar-refractivity contribution in [2.75, 3.05) is 12.3 Å². The maximum Gasteiger partial charge on any atom is 0.243 e. The zero-order valence-electron chi connectivity index (χ0n) is 18.9. The van der Waals surface area contributed by atoms with Crippen LogP contribution in [0.1, 0.15) is 12.5 Å². The standard InChI is InChI=1S/C27H27N3O3S/c1-19(31)30-26(27(32)28-16-15-20-17-29-25-10-6-5-9-24(20)25)18-34-23-13-11-22(12-14-23)33-21-7-3-2-4-8-21/h2-14,17,26,29H,15-16,18H2,1H3,(H,28,32)(H,30,31). The molecule has 0 aliphatic rings. The molecule has 2 amide bonds. The molecule has 34 heavy (non-hydrogen) atoms. The SMILES string of the molecule is CC(=O)NC(CSc1ccc(Oc2ccccc2)cc1)C(=O)NCCc1c[nH]c2ccccc12. The molecule has 6 nitrogen and oxygen atoms in total. The van der Waals surface area contributed by atoms with Gasteiger partial charge in [-0.15, -0.1) is 11.8 Å². The zero-order valence-corrected chi connectivity index (χ0v) is 19.7. The summed E-state index contributed by atoms with van der Waals surface area (Å²) in [5.41, 5.74) is 2.23. The minimum atomic E-state index is -0.620. The minimum Gasteiger partial charge on any atom is -0.457 e. The lowest BCUT2D eigenvalue weighted by Crippen LogP contribution is -2.48. The first-order chi connectivity index (χ1) is 16.6. The van der Waals surface area contributed by atoms with Gasteiger partial charge in [0.1, 0.15) is 17.5 Å². The van der Waals surface area contributed by atoms with E-state index < -0.39 is 6.04 Å². The summed E-state index contributed by atoms with van der Waals surface area (Å²) in [5.74, 6) is 1.52. The van der Waals surface area contributed by atoms with Gasteiger partial charge < -0.3 is 20.4 Å². The Hall–Kier alpha value is -3.71. The van der Waals surface area contributed by atoms with Crippen molar-refractivity contribution in [1.82, 2.24) is 15.6 Å². The van der Waals surface area contributed by atoms with Crippen LogP contribution >= 0.6 is 11.8 Å². The topological polar surface area (TPSA) is 83.2 Å². The Kier molecular flexibility index (Phi) is 7.88. The van der Waals surface area contributed by atoms with Gasteiger partial charge in [0.05, 0.1) is 0 Å². The molecule has 0 bridgehead atoms. The van der Waals surface area contributed by atoms with Gasteiger partial charge in [-0.3, -0.25) is 9.59 Å². The van der Waals surface area contributed by atoms with E-state index in [1.807, 2.05) is 79.0 Å². The highest BCUT2D eigenvalue weighted by Gasteiger charge is 2.19. The van der Waals surface area contributed by atoms with Crippen LogP contribution in [-0.2, 0) is 16.0 Å². The lowest BCUT2D eigenvalue weighted by molar-refractivity contribution is -0.127. The number of carbonyl (C=O) groups excluding carboxylic acids is 2. The summed E-state index contributed by atoms with van der Waals surface area (Å²) >= 11 is 1.51. The van der Waals surface area contributed by atoms with E-state index in [1.54, 1.807) is 0 Å². The maximum atomic E-state index is 12.8. The predicted octanol–water partition coefficient (Wildman–Crippen LogP) is 4.92. The summed E-state index contributed by atoms with van der Waals surface area (Å²) in [6.45, 7) is 1.92. The Labute approximate surface area is 203 Å². The fourth-order valence-electron chi connectivity index (χ4n) is 3.62. The molecule has 0 saturated heterocycles. The highest BCUT2D eigenvalue weighted by Crippen LogP contribution is 2.25. The fourth-order valence-corrected chi connectivity index (χ4v) is 4.54. The number of aromatic amines is 1.